The van der Waals surface area contributed by atoms with Gasteiger partial charge in [0.2, 0.25) is 11.8 Å². The minimum Gasteiger partial charge on any atom is -0.349 e. The van der Waals surface area contributed by atoms with E-state index in [0.717, 1.165) is 28.1 Å². The van der Waals surface area contributed by atoms with E-state index in [1.54, 1.807) is 11.9 Å². The van der Waals surface area contributed by atoms with Crippen molar-refractivity contribution in [1.82, 2.24) is 20.0 Å². The van der Waals surface area contributed by atoms with Crippen LogP contribution in [-0.4, -0.2) is 33.5 Å². The molecule has 35 heavy (non-hydrogen) atoms. The number of halogens is 1. The molecule has 0 saturated heterocycles. The van der Waals surface area contributed by atoms with Crippen molar-refractivity contribution in [2.24, 2.45) is 0 Å². The molecule has 4 rings (SSSR count). The van der Waals surface area contributed by atoms with Crippen molar-refractivity contribution in [3.63, 3.8) is 0 Å². The Balaban J connectivity index is 1.59. The Morgan fingerprint density at radius 2 is 1.60 bits per heavy atom. The Kier molecular flexibility index (Phi) is 7.63. The molecule has 4 aromatic rings. The molecule has 1 heterocycles. The molecule has 0 saturated carbocycles. The first-order valence-corrected chi connectivity index (χ1v) is 11.7. The maximum atomic E-state index is 13.2. The van der Waals surface area contributed by atoms with Gasteiger partial charge in [0.15, 0.2) is 0 Å². The second-order valence-electron chi connectivity index (χ2n) is 8.41. The first kappa shape index (κ1) is 24.2. The molecular weight excluding hydrogens is 460 g/mol. The highest BCUT2D eigenvalue weighted by atomic mass is 35.5. The van der Waals surface area contributed by atoms with Crippen LogP contribution >= 0.6 is 11.6 Å². The van der Waals surface area contributed by atoms with Gasteiger partial charge in [-0.05, 0) is 29.8 Å². The molecule has 0 bridgehead atoms. The summed E-state index contributed by atoms with van der Waals surface area (Å²) in [5, 5.41) is 8.37. The molecule has 1 unspecified atom stereocenters. The third kappa shape index (κ3) is 6.16. The second kappa shape index (κ2) is 11.0. The van der Waals surface area contributed by atoms with Crippen LogP contribution in [0.4, 0.5) is 0 Å². The van der Waals surface area contributed by atoms with Gasteiger partial charge in [-0.1, -0.05) is 72.3 Å². The van der Waals surface area contributed by atoms with Gasteiger partial charge in [0.05, 0.1) is 23.8 Å². The lowest BCUT2D eigenvalue weighted by Gasteiger charge is -2.22. The molecule has 2 amide bonds. The average Bonchev–Trinajstić information content (AvgIpc) is 3.28. The van der Waals surface area contributed by atoms with Crippen molar-refractivity contribution in [2.75, 3.05) is 7.05 Å². The van der Waals surface area contributed by atoms with Gasteiger partial charge < -0.3 is 10.2 Å². The lowest BCUT2D eigenvalue weighted by molar-refractivity contribution is -0.131. The third-order valence-electron chi connectivity index (χ3n) is 5.72. The number of amides is 2. The lowest BCUT2D eigenvalue weighted by atomic mass is 10.0. The summed E-state index contributed by atoms with van der Waals surface area (Å²) in [4.78, 5) is 26.7. The minimum absolute atomic E-state index is 0.0814. The summed E-state index contributed by atoms with van der Waals surface area (Å²) in [6.45, 7) is 1.83. The van der Waals surface area contributed by atoms with Crippen LogP contribution in [0, 0.1) is 0 Å². The van der Waals surface area contributed by atoms with E-state index in [-0.39, 0.29) is 18.2 Å². The number of hydrogen-bond donors (Lipinski definition) is 1. The quantitative estimate of drug-likeness (QED) is 0.361. The monoisotopic (exact) mass is 486 g/mol. The van der Waals surface area contributed by atoms with Crippen molar-refractivity contribution in [1.29, 1.82) is 0 Å². The molecule has 1 aromatic heterocycles. The van der Waals surface area contributed by atoms with Crippen LogP contribution in [0.3, 0.4) is 0 Å². The highest BCUT2D eigenvalue weighted by Crippen LogP contribution is 2.27. The van der Waals surface area contributed by atoms with Crippen LogP contribution in [0.25, 0.3) is 16.9 Å². The zero-order chi connectivity index (χ0) is 24.8. The lowest BCUT2D eigenvalue weighted by Crippen LogP contribution is -2.33. The summed E-state index contributed by atoms with van der Waals surface area (Å²) in [5.41, 5.74) is 4.43. The number of para-hydroxylation sites is 1. The van der Waals surface area contributed by atoms with Crippen molar-refractivity contribution in [3.8, 4) is 16.9 Å². The van der Waals surface area contributed by atoms with E-state index in [0.29, 0.717) is 11.6 Å². The van der Waals surface area contributed by atoms with Gasteiger partial charge in [-0.15, -0.1) is 0 Å². The standard InChI is InChI=1S/C28H27ClN4O2/c1-20(34)30-26(21-9-5-3-6-10-21)17-27(35)32(2)18-23-19-33(25-11-7-4-8-12-25)31-28(23)22-13-15-24(29)16-14-22/h3-16,19,26H,17-18H2,1-2H3,(H,30,34). The summed E-state index contributed by atoms with van der Waals surface area (Å²) in [6.07, 6.45) is 2.11. The SMILES string of the molecule is CC(=O)NC(CC(=O)N(C)Cc1cn(-c2ccccc2)nc1-c1ccc(Cl)cc1)c1ccccc1. The number of nitrogens with zero attached hydrogens (tertiary/aromatic N) is 3. The van der Waals surface area contributed by atoms with E-state index in [1.807, 2.05) is 95.8 Å². The Morgan fingerprint density at radius 1 is 0.971 bits per heavy atom. The Hall–Kier alpha value is -3.90. The predicted octanol–water partition coefficient (Wildman–Crippen LogP) is 5.42. The fourth-order valence-corrected chi connectivity index (χ4v) is 4.07. The summed E-state index contributed by atoms with van der Waals surface area (Å²) in [5.74, 6) is -0.259. The van der Waals surface area contributed by atoms with Crippen LogP contribution in [0.1, 0.15) is 30.5 Å². The number of nitrogens with one attached hydrogen (secondary N) is 1. The van der Waals surface area contributed by atoms with E-state index in [4.69, 9.17) is 16.7 Å². The summed E-state index contributed by atoms with van der Waals surface area (Å²) >= 11 is 6.09. The second-order valence-corrected chi connectivity index (χ2v) is 8.84. The van der Waals surface area contributed by atoms with E-state index in [9.17, 15) is 9.59 Å². The summed E-state index contributed by atoms with van der Waals surface area (Å²) in [6, 6.07) is 26.5. The molecule has 1 atom stereocenters. The van der Waals surface area contributed by atoms with E-state index in [2.05, 4.69) is 5.32 Å². The Bertz CT molecular complexity index is 1290. The van der Waals surface area contributed by atoms with Gasteiger partial charge in [0.25, 0.3) is 0 Å². The zero-order valence-electron chi connectivity index (χ0n) is 19.7. The van der Waals surface area contributed by atoms with Crippen LogP contribution in [-0.2, 0) is 16.1 Å². The maximum absolute atomic E-state index is 13.2. The minimum atomic E-state index is -0.397. The maximum Gasteiger partial charge on any atom is 0.225 e. The van der Waals surface area contributed by atoms with Crippen LogP contribution in [0.2, 0.25) is 5.02 Å². The first-order valence-electron chi connectivity index (χ1n) is 11.4. The van der Waals surface area contributed by atoms with Crippen LogP contribution in [0.15, 0.2) is 91.1 Å². The molecular formula is C28H27ClN4O2. The summed E-state index contributed by atoms with van der Waals surface area (Å²) in [7, 11) is 1.77. The molecule has 0 spiro atoms. The number of carbonyl (C=O) groups excluding carboxylic acids is 2. The van der Waals surface area contributed by atoms with Gasteiger partial charge in [-0.2, -0.15) is 5.10 Å². The molecule has 0 aliphatic rings. The van der Waals surface area contributed by atoms with E-state index < -0.39 is 6.04 Å². The summed E-state index contributed by atoms with van der Waals surface area (Å²) < 4.78 is 1.82. The number of aromatic nitrogens is 2. The average molecular weight is 487 g/mol. The van der Waals surface area contributed by atoms with Gasteiger partial charge in [0, 0.05) is 42.9 Å². The smallest absolute Gasteiger partial charge is 0.225 e. The molecule has 0 fully saturated rings. The molecule has 1 N–H and O–H groups in total. The normalized spacial score (nSPS) is 11.6. The fraction of sp³-hybridized carbons (Fsp3) is 0.179. The number of hydrogen-bond acceptors (Lipinski definition) is 3. The zero-order valence-corrected chi connectivity index (χ0v) is 20.4. The molecule has 3 aromatic carbocycles. The fourth-order valence-electron chi connectivity index (χ4n) is 3.95. The number of benzene rings is 3. The highest BCUT2D eigenvalue weighted by Gasteiger charge is 2.21. The van der Waals surface area contributed by atoms with E-state index >= 15 is 0 Å². The topological polar surface area (TPSA) is 67.2 Å². The van der Waals surface area contributed by atoms with Gasteiger partial charge in [0.1, 0.15) is 0 Å². The third-order valence-corrected chi connectivity index (χ3v) is 5.97. The van der Waals surface area contributed by atoms with Crippen molar-refractivity contribution >= 4 is 23.4 Å². The highest BCUT2D eigenvalue weighted by molar-refractivity contribution is 6.30. The van der Waals surface area contributed by atoms with Crippen LogP contribution < -0.4 is 5.32 Å². The Labute approximate surface area is 210 Å². The first-order chi connectivity index (χ1) is 16.9. The van der Waals surface area contributed by atoms with Crippen molar-refractivity contribution in [3.05, 3.63) is 107 Å². The molecule has 7 heteroatoms. The molecule has 6 nitrogen and oxygen atoms in total. The van der Waals surface area contributed by atoms with Gasteiger partial charge in [-0.3, -0.25) is 9.59 Å². The number of carbonyl (C=O) groups is 2. The number of rotatable bonds is 8. The predicted molar refractivity (Wildman–Crippen MR) is 138 cm³/mol. The van der Waals surface area contributed by atoms with E-state index in [1.165, 1.54) is 6.92 Å². The van der Waals surface area contributed by atoms with Crippen LogP contribution in [0.5, 0.6) is 0 Å². The Morgan fingerprint density at radius 3 is 2.23 bits per heavy atom. The van der Waals surface area contributed by atoms with Gasteiger partial charge in [-0.25, -0.2) is 4.68 Å². The van der Waals surface area contributed by atoms with Gasteiger partial charge >= 0.3 is 0 Å². The molecule has 0 aliphatic carbocycles. The molecule has 0 radical (unpaired) electrons. The van der Waals surface area contributed by atoms with Crippen molar-refractivity contribution < 1.29 is 9.59 Å². The molecule has 178 valence electrons. The van der Waals surface area contributed by atoms with Crippen molar-refractivity contribution in [2.45, 2.75) is 25.9 Å². The largest absolute Gasteiger partial charge is 0.349 e. The molecule has 0 aliphatic heterocycles.